The molecule has 3 heteroatoms. The van der Waals surface area contributed by atoms with Crippen LogP contribution in [0, 0.1) is 5.92 Å². The average molecular weight is 248 g/mol. The van der Waals surface area contributed by atoms with Crippen molar-refractivity contribution in [1.29, 1.82) is 0 Å². The third kappa shape index (κ3) is 2.72. The maximum absolute atomic E-state index is 11.6. The molecule has 2 atom stereocenters. The van der Waals surface area contributed by atoms with Gasteiger partial charge in [0.15, 0.2) is 0 Å². The lowest BCUT2D eigenvalue weighted by Crippen LogP contribution is -2.15. The van der Waals surface area contributed by atoms with Crippen molar-refractivity contribution in [2.24, 2.45) is 5.92 Å². The molecule has 0 spiro atoms. The van der Waals surface area contributed by atoms with E-state index in [1.165, 1.54) is 5.57 Å². The maximum Gasteiger partial charge on any atom is 0.334 e. The number of ether oxygens (including phenoxy) is 1. The maximum atomic E-state index is 11.6. The van der Waals surface area contributed by atoms with Gasteiger partial charge in [-0.3, -0.25) is 0 Å². The van der Waals surface area contributed by atoms with Crippen molar-refractivity contribution >= 4 is 5.97 Å². The molecule has 1 saturated heterocycles. The Morgan fingerprint density at radius 1 is 1.50 bits per heavy atom. The molecule has 0 unspecified atom stereocenters. The predicted octanol–water partition coefficient (Wildman–Crippen LogP) is 2.52. The zero-order chi connectivity index (χ0) is 13.1. The number of hydrogen-bond donors (Lipinski definition) is 1. The van der Waals surface area contributed by atoms with E-state index in [1.807, 2.05) is 0 Å². The van der Waals surface area contributed by atoms with Gasteiger partial charge in [-0.1, -0.05) is 18.2 Å². The highest BCUT2D eigenvalue weighted by Crippen LogP contribution is 2.34. The normalized spacial score (nSPS) is 35.0. The summed E-state index contributed by atoms with van der Waals surface area (Å²) in [5.41, 5.74) is 2.85. The molecule has 1 aliphatic carbocycles. The molecule has 2 rings (SSSR count). The molecule has 2 aliphatic rings. The van der Waals surface area contributed by atoms with Crippen LogP contribution in [0.5, 0.6) is 0 Å². The summed E-state index contributed by atoms with van der Waals surface area (Å²) < 4.78 is 5.35. The summed E-state index contributed by atoms with van der Waals surface area (Å²) in [6.07, 6.45) is 7.49. The molecule has 1 heterocycles. The lowest BCUT2D eigenvalue weighted by Gasteiger charge is -2.17. The summed E-state index contributed by atoms with van der Waals surface area (Å²) in [5, 5.41) is 9.29. The van der Waals surface area contributed by atoms with Gasteiger partial charge >= 0.3 is 5.97 Å². The summed E-state index contributed by atoms with van der Waals surface area (Å²) in [6, 6.07) is 0. The van der Waals surface area contributed by atoms with Crippen molar-refractivity contribution in [1.82, 2.24) is 0 Å². The van der Waals surface area contributed by atoms with Gasteiger partial charge in [-0.05, 0) is 44.3 Å². The number of aliphatic hydroxyl groups is 1. The van der Waals surface area contributed by atoms with Crippen LogP contribution in [0.2, 0.25) is 0 Å². The van der Waals surface area contributed by atoms with E-state index >= 15 is 0 Å². The van der Waals surface area contributed by atoms with Gasteiger partial charge in [-0.25, -0.2) is 4.79 Å². The monoisotopic (exact) mass is 248 g/mol. The topological polar surface area (TPSA) is 46.5 Å². The van der Waals surface area contributed by atoms with Crippen LogP contribution in [0.25, 0.3) is 0 Å². The summed E-state index contributed by atoms with van der Waals surface area (Å²) in [6.45, 7) is 5.99. The quantitative estimate of drug-likeness (QED) is 0.440. The molecule has 0 bridgehead atoms. The van der Waals surface area contributed by atoms with Gasteiger partial charge in [0, 0.05) is 11.5 Å². The number of aliphatic hydroxyl groups excluding tert-OH is 1. The molecule has 0 aromatic rings. The number of carbonyl (C=O) groups is 1. The van der Waals surface area contributed by atoms with Crippen LogP contribution in [0.4, 0.5) is 0 Å². The highest BCUT2D eigenvalue weighted by atomic mass is 16.5. The average Bonchev–Trinajstić information content (AvgIpc) is 2.60. The lowest BCUT2D eigenvalue weighted by atomic mass is 9.88. The smallest absolute Gasteiger partial charge is 0.334 e. The minimum absolute atomic E-state index is 0.0560. The van der Waals surface area contributed by atoms with Crippen LogP contribution in [-0.2, 0) is 9.53 Å². The van der Waals surface area contributed by atoms with Gasteiger partial charge in [-0.15, -0.1) is 0 Å². The second-order valence-electron chi connectivity index (χ2n) is 5.11. The first-order valence-electron chi connectivity index (χ1n) is 6.47. The molecule has 0 aromatic heterocycles. The van der Waals surface area contributed by atoms with Crippen molar-refractivity contribution in [2.75, 3.05) is 6.61 Å². The van der Waals surface area contributed by atoms with Crippen LogP contribution in [-0.4, -0.2) is 23.8 Å². The molecule has 1 aliphatic heterocycles. The zero-order valence-electron chi connectivity index (χ0n) is 10.8. The Kier molecular flexibility index (Phi) is 4.02. The van der Waals surface area contributed by atoms with Crippen molar-refractivity contribution in [3.05, 3.63) is 35.5 Å². The van der Waals surface area contributed by atoms with Gasteiger partial charge in [0.2, 0.25) is 0 Å². The number of esters is 1. The van der Waals surface area contributed by atoms with Crippen molar-refractivity contribution in [3.8, 4) is 0 Å². The molecule has 0 amide bonds. The minimum atomic E-state index is -0.275. The highest BCUT2D eigenvalue weighted by molar-refractivity contribution is 5.91. The Hall–Kier alpha value is -1.35. The number of allylic oxidation sites excluding steroid dienone is 2. The van der Waals surface area contributed by atoms with Crippen LogP contribution < -0.4 is 0 Å². The second-order valence-corrected chi connectivity index (χ2v) is 5.11. The van der Waals surface area contributed by atoms with Gasteiger partial charge in [0.1, 0.15) is 6.10 Å². The van der Waals surface area contributed by atoms with E-state index in [9.17, 15) is 9.90 Å². The third-order valence-electron chi connectivity index (χ3n) is 3.75. The first kappa shape index (κ1) is 13.1. The molecule has 98 valence electrons. The van der Waals surface area contributed by atoms with Crippen molar-refractivity contribution < 1.29 is 14.6 Å². The van der Waals surface area contributed by atoms with Gasteiger partial charge < -0.3 is 9.84 Å². The number of carbonyl (C=O) groups excluding carboxylic acids is 1. The Morgan fingerprint density at radius 3 is 3.00 bits per heavy atom. The Labute approximate surface area is 108 Å². The van der Waals surface area contributed by atoms with Crippen LogP contribution in [0.3, 0.4) is 0 Å². The summed E-state index contributed by atoms with van der Waals surface area (Å²) in [4.78, 5) is 11.6. The van der Waals surface area contributed by atoms with E-state index in [-0.39, 0.29) is 24.6 Å². The third-order valence-corrected chi connectivity index (χ3v) is 3.75. The molecular formula is C15H20O3. The molecule has 0 radical (unpaired) electrons. The van der Waals surface area contributed by atoms with Crippen molar-refractivity contribution in [2.45, 2.75) is 38.7 Å². The highest BCUT2D eigenvalue weighted by Gasteiger charge is 2.37. The van der Waals surface area contributed by atoms with E-state index in [1.54, 1.807) is 0 Å². The largest absolute Gasteiger partial charge is 0.454 e. The van der Waals surface area contributed by atoms with E-state index in [2.05, 4.69) is 25.7 Å². The lowest BCUT2D eigenvalue weighted by molar-refractivity contribution is -0.137. The first-order valence-corrected chi connectivity index (χ1v) is 6.47. The molecule has 1 fully saturated rings. The number of rotatable bonds is 1. The molecule has 18 heavy (non-hydrogen) atoms. The summed E-state index contributed by atoms with van der Waals surface area (Å²) in [5.74, 6) is -0.219. The molecule has 0 aromatic carbocycles. The summed E-state index contributed by atoms with van der Waals surface area (Å²) >= 11 is 0. The molecule has 0 saturated carbocycles. The molecule has 1 N–H and O–H groups in total. The van der Waals surface area contributed by atoms with Gasteiger partial charge in [-0.2, -0.15) is 0 Å². The molecule has 3 nitrogen and oxygen atoms in total. The predicted molar refractivity (Wildman–Crippen MR) is 69.9 cm³/mol. The summed E-state index contributed by atoms with van der Waals surface area (Å²) in [7, 11) is 0. The van der Waals surface area contributed by atoms with E-state index in [0.29, 0.717) is 5.57 Å². The van der Waals surface area contributed by atoms with Crippen LogP contribution >= 0.6 is 0 Å². The fraction of sp³-hybridized carbons (Fsp3) is 0.533. The second kappa shape index (κ2) is 5.53. The Balaban J connectivity index is 2.22. The SMILES string of the molecule is C=C1C(=O)O[C@@H]2/C=C(/C)CC/C=C(/CO)CC[C@@H]12. The fourth-order valence-corrected chi connectivity index (χ4v) is 2.57. The standard InChI is InChI=1S/C15H20O3/c1-10-4-3-5-12(9-16)6-7-13-11(2)15(17)18-14(13)8-10/h5,8,13-14,16H,2-4,6-7,9H2,1H3/b10-8-,12-5+/t13-,14+/m0/s1. The van der Waals surface area contributed by atoms with Gasteiger partial charge in [0.05, 0.1) is 6.61 Å². The first-order chi connectivity index (χ1) is 8.61. The van der Waals surface area contributed by atoms with E-state index < -0.39 is 0 Å². The van der Waals surface area contributed by atoms with Crippen LogP contribution in [0.15, 0.2) is 35.5 Å². The number of fused-ring (bicyclic) bond motifs is 1. The number of hydrogen-bond acceptors (Lipinski definition) is 3. The Morgan fingerprint density at radius 2 is 2.28 bits per heavy atom. The van der Waals surface area contributed by atoms with Crippen molar-refractivity contribution in [3.63, 3.8) is 0 Å². The fourth-order valence-electron chi connectivity index (χ4n) is 2.57. The van der Waals surface area contributed by atoms with Gasteiger partial charge in [0.25, 0.3) is 0 Å². The zero-order valence-corrected chi connectivity index (χ0v) is 10.8. The van der Waals surface area contributed by atoms with Crippen LogP contribution in [0.1, 0.15) is 32.6 Å². The Bertz CT molecular complexity index is 417. The minimum Gasteiger partial charge on any atom is -0.454 e. The molecular weight excluding hydrogens is 228 g/mol. The van der Waals surface area contributed by atoms with E-state index in [0.717, 1.165) is 31.3 Å². The van der Waals surface area contributed by atoms with E-state index in [4.69, 9.17) is 4.74 Å².